The maximum atomic E-state index is 11.4. The molecule has 0 aromatic carbocycles. The van der Waals surface area contributed by atoms with Crippen LogP contribution in [0.3, 0.4) is 0 Å². The van der Waals surface area contributed by atoms with Crippen LogP contribution in [0.5, 0.6) is 0 Å². The van der Waals surface area contributed by atoms with Gasteiger partial charge in [-0.25, -0.2) is 9.59 Å². The van der Waals surface area contributed by atoms with E-state index in [4.69, 9.17) is 9.52 Å². The number of hydrogen-bond donors (Lipinski definition) is 4. The number of amides is 3. The molecule has 1 aromatic rings. The van der Waals surface area contributed by atoms with E-state index >= 15 is 0 Å². The molecular formula is C12H17N3O5. The lowest BCUT2D eigenvalue weighted by Crippen LogP contribution is -2.37. The van der Waals surface area contributed by atoms with Crippen molar-refractivity contribution < 1.29 is 23.9 Å². The molecule has 4 N–H and O–H groups in total. The van der Waals surface area contributed by atoms with E-state index in [1.807, 2.05) is 0 Å². The molecule has 1 heterocycles. The van der Waals surface area contributed by atoms with Crippen molar-refractivity contribution in [3.63, 3.8) is 0 Å². The number of hydrogen-bond acceptors (Lipinski definition) is 4. The summed E-state index contributed by atoms with van der Waals surface area (Å²) < 4.78 is 5.20. The van der Waals surface area contributed by atoms with Gasteiger partial charge in [-0.3, -0.25) is 4.79 Å². The Kier molecular flexibility index (Phi) is 5.57. The third-order valence-corrected chi connectivity index (χ3v) is 2.54. The number of carbonyl (C=O) groups is 3. The molecule has 0 unspecified atom stereocenters. The maximum Gasteiger partial charge on any atom is 0.339 e. The molecule has 8 nitrogen and oxygen atoms in total. The highest BCUT2D eigenvalue weighted by Crippen LogP contribution is 2.14. The Morgan fingerprint density at radius 3 is 2.55 bits per heavy atom. The second kappa shape index (κ2) is 7.17. The molecule has 0 saturated heterocycles. The molecule has 8 heteroatoms. The van der Waals surface area contributed by atoms with Crippen LogP contribution in [0.4, 0.5) is 4.79 Å². The van der Waals surface area contributed by atoms with Crippen molar-refractivity contribution in [2.45, 2.75) is 19.9 Å². The van der Waals surface area contributed by atoms with Crippen molar-refractivity contribution in [2.75, 3.05) is 13.6 Å². The number of carboxylic acids is 1. The predicted molar refractivity (Wildman–Crippen MR) is 69.3 cm³/mol. The van der Waals surface area contributed by atoms with Crippen LogP contribution in [0.2, 0.25) is 0 Å². The third kappa shape index (κ3) is 4.63. The van der Waals surface area contributed by atoms with Gasteiger partial charge in [0.05, 0.1) is 6.54 Å². The SMILES string of the molecule is CNC(=O)CCNC(=O)NCc1cc(C(=O)O)c(C)o1. The van der Waals surface area contributed by atoms with Crippen molar-refractivity contribution >= 4 is 17.9 Å². The molecule has 0 aliphatic carbocycles. The zero-order valence-corrected chi connectivity index (χ0v) is 11.3. The van der Waals surface area contributed by atoms with E-state index < -0.39 is 12.0 Å². The normalized spacial score (nSPS) is 9.90. The third-order valence-electron chi connectivity index (χ3n) is 2.54. The van der Waals surface area contributed by atoms with Crippen LogP contribution in [-0.4, -0.2) is 36.6 Å². The highest BCUT2D eigenvalue weighted by atomic mass is 16.4. The summed E-state index contributed by atoms with van der Waals surface area (Å²) in [5.41, 5.74) is 0.0711. The fraction of sp³-hybridized carbons (Fsp3) is 0.417. The van der Waals surface area contributed by atoms with Crippen LogP contribution in [0.25, 0.3) is 0 Å². The topological polar surface area (TPSA) is 121 Å². The van der Waals surface area contributed by atoms with E-state index in [1.54, 1.807) is 0 Å². The van der Waals surface area contributed by atoms with Crippen LogP contribution in [0.1, 0.15) is 28.3 Å². The van der Waals surface area contributed by atoms with Gasteiger partial charge in [0.2, 0.25) is 5.91 Å². The lowest BCUT2D eigenvalue weighted by Gasteiger charge is -2.05. The van der Waals surface area contributed by atoms with E-state index in [1.165, 1.54) is 20.0 Å². The monoisotopic (exact) mass is 283 g/mol. The average Bonchev–Trinajstić information content (AvgIpc) is 2.77. The van der Waals surface area contributed by atoms with Gasteiger partial charge < -0.3 is 25.5 Å². The van der Waals surface area contributed by atoms with Crippen LogP contribution in [-0.2, 0) is 11.3 Å². The van der Waals surface area contributed by atoms with Gasteiger partial charge in [-0.1, -0.05) is 0 Å². The zero-order chi connectivity index (χ0) is 15.1. The predicted octanol–water partition coefficient (Wildman–Crippen LogP) is 0.222. The fourth-order valence-electron chi connectivity index (χ4n) is 1.49. The summed E-state index contributed by atoms with van der Waals surface area (Å²) in [6, 6.07) is 0.905. The molecule has 0 aliphatic rings. The van der Waals surface area contributed by atoms with E-state index in [9.17, 15) is 14.4 Å². The lowest BCUT2D eigenvalue weighted by atomic mass is 10.2. The highest BCUT2D eigenvalue weighted by molar-refractivity contribution is 5.88. The van der Waals surface area contributed by atoms with Gasteiger partial charge in [-0.2, -0.15) is 0 Å². The van der Waals surface area contributed by atoms with Gasteiger partial charge in [0.25, 0.3) is 0 Å². The minimum atomic E-state index is -1.08. The molecule has 1 aromatic heterocycles. The van der Waals surface area contributed by atoms with Crippen molar-refractivity contribution in [3.05, 3.63) is 23.2 Å². The second-order valence-corrected chi connectivity index (χ2v) is 4.02. The van der Waals surface area contributed by atoms with Crippen LogP contribution in [0.15, 0.2) is 10.5 Å². The maximum absolute atomic E-state index is 11.4. The first-order chi connectivity index (χ1) is 9.43. The van der Waals surface area contributed by atoms with E-state index in [-0.39, 0.29) is 36.7 Å². The van der Waals surface area contributed by atoms with Gasteiger partial charge in [0.1, 0.15) is 17.1 Å². The Labute approximate surface area is 115 Å². The Morgan fingerprint density at radius 2 is 2.00 bits per heavy atom. The first-order valence-corrected chi connectivity index (χ1v) is 5.99. The lowest BCUT2D eigenvalue weighted by molar-refractivity contribution is -0.120. The number of furan rings is 1. The molecule has 1 rings (SSSR count). The van der Waals surface area contributed by atoms with E-state index in [0.29, 0.717) is 5.76 Å². The molecule has 0 radical (unpaired) electrons. The van der Waals surface area contributed by atoms with Crippen molar-refractivity contribution in [1.29, 1.82) is 0 Å². The molecule has 3 amide bonds. The van der Waals surface area contributed by atoms with Gasteiger partial charge in [-0.15, -0.1) is 0 Å². The van der Waals surface area contributed by atoms with Crippen molar-refractivity contribution in [2.24, 2.45) is 0 Å². The summed E-state index contributed by atoms with van der Waals surface area (Å²) in [6.07, 6.45) is 0.187. The molecular weight excluding hydrogens is 266 g/mol. The minimum absolute atomic E-state index is 0.0694. The van der Waals surface area contributed by atoms with Crippen LogP contribution < -0.4 is 16.0 Å². The largest absolute Gasteiger partial charge is 0.478 e. The quantitative estimate of drug-likeness (QED) is 0.595. The minimum Gasteiger partial charge on any atom is -0.478 e. The molecule has 0 fully saturated rings. The second-order valence-electron chi connectivity index (χ2n) is 4.02. The summed E-state index contributed by atoms with van der Waals surface area (Å²) in [5, 5.41) is 16.3. The molecule has 0 bridgehead atoms. The Morgan fingerprint density at radius 1 is 1.30 bits per heavy atom. The molecule has 0 atom stereocenters. The number of nitrogens with one attached hydrogen (secondary N) is 3. The van der Waals surface area contributed by atoms with Gasteiger partial charge >= 0.3 is 12.0 Å². The molecule has 0 saturated carbocycles. The fourth-order valence-corrected chi connectivity index (χ4v) is 1.49. The van der Waals surface area contributed by atoms with Gasteiger partial charge in [0.15, 0.2) is 0 Å². The molecule has 0 aliphatic heterocycles. The first-order valence-electron chi connectivity index (χ1n) is 5.99. The number of aromatic carboxylic acids is 1. The van der Waals surface area contributed by atoms with Crippen molar-refractivity contribution in [3.8, 4) is 0 Å². The van der Waals surface area contributed by atoms with Gasteiger partial charge in [0, 0.05) is 20.0 Å². The first kappa shape index (κ1) is 15.5. The van der Waals surface area contributed by atoms with Gasteiger partial charge in [-0.05, 0) is 13.0 Å². The number of urea groups is 1. The van der Waals surface area contributed by atoms with Crippen molar-refractivity contribution in [1.82, 2.24) is 16.0 Å². The summed E-state index contributed by atoms with van der Waals surface area (Å²) in [6.45, 7) is 1.82. The summed E-state index contributed by atoms with van der Waals surface area (Å²) >= 11 is 0. The number of carboxylic acid groups (broad SMARTS) is 1. The smallest absolute Gasteiger partial charge is 0.339 e. The number of rotatable bonds is 6. The van der Waals surface area contributed by atoms with E-state index in [0.717, 1.165) is 0 Å². The molecule has 110 valence electrons. The highest BCUT2D eigenvalue weighted by Gasteiger charge is 2.13. The van der Waals surface area contributed by atoms with Crippen LogP contribution in [0, 0.1) is 6.92 Å². The number of carbonyl (C=O) groups excluding carboxylic acids is 2. The zero-order valence-electron chi connectivity index (χ0n) is 11.3. The number of aryl methyl sites for hydroxylation is 1. The Balaban J connectivity index is 2.36. The Hall–Kier alpha value is -2.51. The van der Waals surface area contributed by atoms with Crippen LogP contribution >= 0.6 is 0 Å². The molecule has 0 spiro atoms. The van der Waals surface area contributed by atoms with E-state index in [2.05, 4.69) is 16.0 Å². The summed E-state index contributed by atoms with van der Waals surface area (Å²) in [4.78, 5) is 33.1. The average molecular weight is 283 g/mol. The Bertz CT molecular complexity index is 509. The summed E-state index contributed by atoms with van der Waals surface area (Å²) in [5.74, 6) is -0.610. The molecule has 20 heavy (non-hydrogen) atoms. The summed E-state index contributed by atoms with van der Waals surface area (Å²) in [7, 11) is 1.52. The standard InChI is InChI=1S/C12H17N3O5/c1-7-9(11(17)18)5-8(20-7)6-15-12(19)14-4-3-10(16)13-2/h5H,3-4,6H2,1-2H3,(H,13,16)(H,17,18)(H2,14,15,19).